The van der Waals surface area contributed by atoms with Crippen molar-refractivity contribution in [3.8, 4) is 5.75 Å². The molecule has 1 aliphatic rings. The summed E-state index contributed by atoms with van der Waals surface area (Å²) in [5.41, 5.74) is 2.39. The average Bonchev–Trinajstić information content (AvgIpc) is 3.10. The number of rotatable bonds is 5. The van der Waals surface area contributed by atoms with Crippen LogP contribution in [-0.2, 0) is 16.1 Å². The van der Waals surface area contributed by atoms with E-state index in [9.17, 15) is 9.18 Å². The van der Waals surface area contributed by atoms with Gasteiger partial charge in [-0.1, -0.05) is 54.6 Å². The van der Waals surface area contributed by atoms with Gasteiger partial charge in [-0.15, -0.1) is 0 Å². The van der Waals surface area contributed by atoms with Crippen LogP contribution in [0.25, 0.3) is 6.08 Å². The zero-order valence-electron chi connectivity index (χ0n) is 14.8. The first kappa shape index (κ1) is 17.7. The van der Waals surface area contributed by atoms with E-state index in [4.69, 9.17) is 9.47 Å². The highest BCUT2D eigenvalue weighted by Gasteiger charge is 2.24. The fourth-order valence-electron chi connectivity index (χ4n) is 2.73. The summed E-state index contributed by atoms with van der Waals surface area (Å²) in [5.74, 6) is -0.660. The lowest BCUT2D eigenvalue weighted by Gasteiger charge is -2.08. The van der Waals surface area contributed by atoms with E-state index in [2.05, 4.69) is 4.99 Å². The molecule has 0 unspecified atom stereocenters. The number of cyclic esters (lactones) is 1. The molecular formula is C23H16FNO3. The van der Waals surface area contributed by atoms with E-state index in [0.717, 1.165) is 5.56 Å². The Hall–Kier alpha value is -3.73. The van der Waals surface area contributed by atoms with Crippen molar-refractivity contribution >= 4 is 17.9 Å². The van der Waals surface area contributed by atoms with E-state index in [1.165, 1.54) is 12.1 Å². The molecule has 0 N–H and O–H groups in total. The molecular weight excluding hydrogens is 357 g/mol. The molecule has 0 radical (unpaired) electrons. The first-order valence-electron chi connectivity index (χ1n) is 8.73. The van der Waals surface area contributed by atoms with Gasteiger partial charge in [0.1, 0.15) is 6.61 Å². The van der Waals surface area contributed by atoms with Crippen LogP contribution in [0.3, 0.4) is 0 Å². The van der Waals surface area contributed by atoms with E-state index in [1.807, 2.05) is 60.7 Å². The van der Waals surface area contributed by atoms with Crippen LogP contribution in [0.4, 0.5) is 4.39 Å². The van der Waals surface area contributed by atoms with Gasteiger partial charge in [-0.3, -0.25) is 0 Å². The Morgan fingerprint density at radius 1 is 0.964 bits per heavy atom. The number of esters is 1. The maximum atomic E-state index is 14.1. The van der Waals surface area contributed by atoms with E-state index in [-0.39, 0.29) is 24.0 Å². The number of carbonyl (C=O) groups excluding carboxylic acids is 1. The van der Waals surface area contributed by atoms with Crippen molar-refractivity contribution in [2.75, 3.05) is 0 Å². The third-order valence-electron chi connectivity index (χ3n) is 4.14. The lowest BCUT2D eigenvalue weighted by molar-refractivity contribution is -0.129. The van der Waals surface area contributed by atoms with Crippen LogP contribution >= 0.6 is 0 Å². The quantitative estimate of drug-likeness (QED) is 0.479. The Morgan fingerprint density at radius 2 is 1.68 bits per heavy atom. The number of hydrogen-bond donors (Lipinski definition) is 0. The van der Waals surface area contributed by atoms with Gasteiger partial charge in [0, 0.05) is 5.56 Å². The number of halogens is 1. The van der Waals surface area contributed by atoms with Gasteiger partial charge in [0.2, 0.25) is 5.90 Å². The van der Waals surface area contributed by atoms with E-state index < -0.39 is 11.8 Å². The monoisotopic (exact) mass is 373 g/mol. The smallest absolute Gasteiger partial charge is 0.363 e. The summed E-state index contributed by atoms with van der Waals surface area (Å²) in [7, 11) is 0. The zero-order valence-corrected chi connectivity index (χ0v) is 14.8. The number of hydrogen-bond acceptors (Lipinski definition) is 4. The molecule has 0 fully saturated rings. The maximum absolute atomic E-state index is 14.1. The third kappa shape index (κ3) is 3.99. The van der Waals surface area contributed by atoms with Crippen LogP contribution in [-0.4, -0.2) is 11.9 Å². The molecule has 0 bridgehead atoms. The van der Waals surface area contributed by atoms with Crippen molar-refractivity contribution in [1.29, 1.82) is 0 Å². The first-order valence-corrected chi connectivity index (χ1v) is 8.73. The summed E-state index contributed by atoms with van der Waals surface area (Å²) in [6.45, 7) is 0.246. The van der Waals surface area contributed by atoms with Crippen LogP contribution in [0.15, 0.2) is 89.6 Å². The molecule has 0 aliphatic carbocycles. The fraction of sp³-hybridized carbons (Fsp3) is 0.0435. The molecule has 0 saturated heterocycles. The molecule has 5 heteroatoms. The topological polar surface area (TPSA) is 47.9 Å². The summed E-state index contributed by atoms with van der Waals surface area (Å²) < 4.78 is 24.9. The van der Waals surface area contributed by atoms with Crippen molar-refractivity contribution in [3.05, 3.63) is 107 Å². The molecule has 1 aliphatic heterocycles. The molecule has 1 heterocycles. The molecule has 4 nitrogen and oxygen atoms in total. The van der Waals surface area contributed by atoms with Crippen LogP contribution < -0.4 is 4.74 Å². The van der Waals surface area contributed by atoms with Crippen molar-refractivity contribution in [3.63, 3.8) is 0 Å². The van der Waals surface area contributed by atoms with Crippen LogP contribution in [0, 0.1) is 5.82 Å². The van der Waals surface area contributed by atoms with Crippen molar-refractivity contribution < 1.29 is 18.7 Å². The summed E-state index contributed by atoms with van der Waals surface area (Å²) in [6, 6.07) is 23.0. The third-order valence-corrected chi connectivity index (χ3v) is 4.14. The van der Waals surface area contributed by atoms with Crippen molar-refractivity contribution in [1.82, 2.24) is 0 Å². The lowest BCUT2D eigenvalue weighted by atomic mass is 10.1. The molecule has 4 rings (SSSR count). The molecule has 3 aromatic carbocycles. The lowest BCUT2D eigenvalue weighted by Crippen LogP contribution is -2.04. The Morgan fingerprint density at radius 3 is 2.43 bits per heavy atom. The second-order valence-corrected chi connectivity index (χ2v) is 6.17. The highest BCUT2D eigenvalue weighted by atomic mass is 19.1. The normalized spacial score (nSPS) is 14.7. The van der Waals surface area contributed by atoms with E-state index >= 15 is 0 Å². The average molecular weight is 373 g/mol. The van der Waals surface area contributed by atoms with Crippen LogP contribution in [0.5, 0.6) is 5.75 Å². The number of ether oxygens (including phenoxy) is 2. The minimum absolute atomic E-state index is 0.108. The maximum Gasteiger partial charge on any atom is 0.363 e. The predicted molar refractivity (Wildman–Crippen MR) is 104 cm³/mol. The number of benzene rings is 3. The summed E-state index contributed by atoms with van der Waals surface area (Å²) in [5, 5.41) is 0. The SMILES string of the molecule is O=C1OC(c2ccccc2)=N/C1=C\c1ccc(F)c(OCc2ccccc2)c1. The molecule has 28 heavy (non-hydrogen) atoms. The highest BCUT2D eigenvalue weighted by Crippen LogP contribution is 2.24. The first-order chi connectivity index (χ1) is 13.7. The second kappa shape index (κ2) is 7.88. The Balaban J connectivity index is 1.56. The van der Waals surface area contributed by atoms with Gasteiger partial charge < -0.3 is 9.47 Å². The van der Waals surface area contributed by atoms with E-state index in [1.54, 1.807) is 12.1 Å². The fourth-order valence-corrected chi connectivity index (χ4v) is 2.73. The Bertz CT molecular complexity index is 1060. The largest absolute Gasteiger partial charge is 0.486 e. The van der Waals surface area contributed by atoms with E-state index in [0.29, 0.717) is 11.1 Å². The molecule has 0 aromatic heterocycles. The van der Waals surface area contributed by atoms with Gasteiger partial charge in [-0.05, 0) is 41.5 Å². The molecule has 0 spiro atoms. The summed E-state index contributed by atoms with van der Waals surface area (Å²) in [6.07, 6.45) is 1.55. The molecule has 0 atom stereocenters. The van der Waals surface area contributed by atoms with Gasteiger partial charge in [0.05, 0.1) is 0 Å². The Labute approximate surface area is 161 Å². The van der Waals surface area contributed by atoms with Gasteiger partial charge >= 0.3 is 5.97 Å². The molecule has 3 aromatic rings. The standard InChI is InChI=1S/C23H16FNO3/c24-19-12-11-17(14-21(19)27-15-16-7-3-1-4-8-16)13-20-23(26)28-22(25-20)18-9-5-2-6-10-18/h1-14H,15H2/b20-13-. The van der Waals surface area contributed by atoms with Gasteiger partial charge in [-0.25, -0.2) is 14.2 Å². The predicted octanol–water partition coefficient (Wildman–Crippen LogP) is 4.75. The minimum Gasteiger partial charge on any atom is -0.486 e. The molecule has 0 amide bonds. The number of carbonyl (C=O) groups is 1. The zero-order chi connectivity index (χ0) is 19.3. The van der Waals surface area contributed by atoms with Crippen molar-refractivity contribution in [2.24, 2.45) is 4.99 Å². The number of aliphatic imine (C=N–C) groups is 1. The molecule has 138 valence electrons. The Kier molecular flexibility index (Phi) is 4.97. The summed E-state index contributed by atoms with van der Waals surface area (Å²) in [4.78, 5) is 16.4. The van der Waals surface area contributed by atoms with Gasteiger partial charge in [0.25, 0.3) is 0 Å². The molecule has 0 saturated carbocycles. The van der Waals surface area contributed by atoms with Gasteiger partial charge in [0.15, 0.2) is 17.3 Å². The van der Waals surface area contributed by atoms with Crippen molar-refractivity contribution in [2.45, 2.75) is 6.61 Å². The highest BCUT2D eigenvalue weighted by molar-refractivity contribution is 6.12. The van der Waals surface area contributed by atoms with Crippen LogP contribution in [0.1, 0.15) is 16.7 Å². The van der Waals surface area contributed by atoms with Gasteiger partial charge in [-0.2, -0.15) is 0 Å². The number of nitrogens with zero attached hydrogens (tertiary/aromatic N) is 1. The second-order valence-electron chi connectivity index (χ2n) is 6.17. The summed E-state index contributed by atoms with van der Waals surface area (Å²) >= 11 is 0. The van der Waals surface area contributed by atoms with Crippen LogP contribution in [0.2, 0.25) is 0 Å². The minimum atomic E-state index is -0.546.